The van der Waals surface area contributed by atoms with Gasteiger partial charge in [0.2, 0.25) is 0 Å². The third kappa shape index (κ3) is 2.71. The summed E-state index contributed by atoms with van der Waals surface area (Å²) in [6.07, 6.45) is 0. The SMILES string of the molecule is CCN(c1cccc(F)c1)c1nc(C)nc(NC)c1C. The highest BCUT2D eigenvalue weighted by Gasteiger charge is 2.16. The van der Waals surface area contributed by atoms with Crippen molar-refractivity contribution >= 4 is 17.3 Å². The van der Waals surface area contributed by atoms with Crippen LogP contribution in [0.5, 0.6) is 0 Å². The number of halogens is 1. The van der Waals surface area contributed by atoms with Crippen LogP contribution in [-0.4, -0.2) is 23.6 Å². The van der Waals surface area contributed by atoms with Crippen LogP contribution in [0.15, 0.2) is 24.3 Å². The molecule has 2 aromatic rings. The van der Waals surface area contributed by atoms with Crippen LogP contribution in [-0.2, 0) is 0 Å². The summed E-state index contributed by atoms with van der Waals surface area (Å²) < 4.78 is 13.4. The lowest BCUT2D eigenvalue weighted by molar-refractivity contribution is 0.627. The summed E-state index contributed by atoms with van der Waals surface area (Å²) in [5.74, 6) is 2.03. The molecular weight excluding hydrogens is 255 g/mol. The Bertz CT molecular complexity index is 613. The van der Waals surface area contributed by atoms with Crippen molar-refractivity contribution in [3.05, 3.63) is 41.5 Å². The van der Waals surface area contributed by atoms with Gasteiger partial charge in [-0.05, 0) is 39.0 Å². The zero-order chi connectivity index (χ0) is 14.7. The van der Waals surface area contributed by atoms with E-state index in [9.17, 15) is 4.39 Å². The van der Waals surface area contributed by atoms with E-state index >= 15 is 0 Å². The molecule has 1 heterocycles. The highest BCUT2D eigenvalue weighted by atomic mass is 19.1. The molecule has 0 amide bonds. The van der Waals surface area contributed by atoms with Gasteiger partial charge in [-0.2, -0.15) is 0 Å². The molecule has 1 N–H and O–H groups in total. The zero-order valence-electron chi connectivity index (χ0n) is 12.2. The van der Waals surface area contributed by atoms with Gasteiger partial charge >= 0.3 is 0 Å². The number of hydrogen-bond acceptors (Lipinski definition) is 4. The van der Waals surface area contributed by atoms with Gasteiger partial charge in [0.25, 0.3) is 0 Å². The van der Waals surface area contributed by atoms with Crippen molar-refractivity contribution in [3.8, 4) is 0 Å². The van der Waals surface area contributed by atoms with E-state index in [1.165, 1.54) is 12.1 Å². The van der Waals surface area contributed by atoms with Gasteiger partial charge in [0, 0.05) is 24.8 Å². The summed E-state index contributed by atoms with van der Waals surface area (Å²) in [6.45, 7) is 6.52. The van der Waals surface area contributed by atoms with E-state index in [1.54, 1.807) is 6.07 Å². The fourth-order valence-electron chi connectivity index (χ4n) is 2.22. The van der Waals surface area contributed by atoms with Crippen LogP contribution in [0.1, 0.15) is 18.3 Å². The molecule has 0 aliphatic carbocycles. The Morgan fingerprint density at radius 3 is 2.60 bits per heavy atom. The van der Waals surface area contributed by atoms with Crippen molar-refractivity contribution in [1.29, 1.82) is 0 Å². The van der Waals surface area contributed by atoms with Gasteiger partial charge in [0.1, 0.15) is 23.3 Å². The second-order valence-corrected chi connectivity index (χ2v) is 4.54. The van der Waals surface area contributed by atoms with E-state index in [4.69, 9.17) is 0 Å². The van der Waals surface area contributed by atoms with Gasteiger partial charge in [0.15, 0.2) is 0 Å². The Morgan fingerprint density at radius 2 is 2.00 bits per heavy atom. The molecule has 0 atom stereocenters. The maximum Gasteiger partial charge on any atom is 0.141 e. The molecule has 0 saturated carbocycles. The average molecular weight is 274 g/mol. The van der Waals surface area contributed by atoms with Crippen molar-refractivity contribution in [3.63, 3.8) is 0 Å². The lowest BCUT2D eigenvalue weighted by Gasteiger charge is -2.25. The average Bonchev–Trinajstić information content (AvgIpc) is 2.43. The number of aryl methyl sites for hydroxylation is 1. The Balaban J connectivity index is 2.55. The van der Waals surface area contributed by atoms with E-state index < -0.39 is 0 Å². The molecule has 0 aliphatic rings. The Hall–Kier alpha value is -2.17. The normalized spacial score (nSPS) is 10.4. The molecule has 0 aliphatic heterocycles. The Labute approximate surface area is 118 Å². The number of rotatable bonds is 4. The third-order valence-electron chi connectivity index (χ3n) is 3.16. The highest BCUT2D eigenvalue weighted by molar-refractivity contribution is 5.67. The minimum Gasteiger partial charge on any atom is -0.373 e. The lowest BCUT2D eigenvalue weighted by atomic mass is 10.2. The highest BCUT2D eigenvalue weighted by Crippen LogP contribution is 2.29. The van der Waals surface area contributed by atoms with Crippen LogP contribution in [0, 0.1) is 19.7 Å². The van der Waals surface area contributed by atoms with Crippen LogP contribution in [0.3, 0.4) is 0 Å². The van der Waals surface area contributed by atoms with Gasteiger partial charge in [0.05, 0.1) is 0 Å². The zero-order valence-corrected chi connectivity index (χ0v) is 12.2. The number of nitrogens with one attached hydrogen (secondary N) is 1. The van der Waals surface area contributed by atoms with Crippen LogP contribution in [0.4, 0.5) is 21.7 Å². The van der Waals surface area contributed by atoms with Crippen LogP contribution in [0.2, 0.25) is 0 Å². The van der Waals surface area contributed by atoms with Gasteiger partial charge in [-0.1, -0.05) is 6.07 Å². The summed E-state index contributed by atoms with van der Waals surface area (Å²) in [6, 6.07) is 6.53. The molecule has 4 nitrogen and oxygen atoms in total. The predicted molar refractivity (Wildman–Crippen MR) is 80.1 cm³/mol. The van der Waals surface area contributed by atoms with Crippen molar-refractivity contribution in [2.75, 3.05) is 23.8 Å². The summed E-state index contributed by atoms with van der Waals surface area (Å²) in [5.41, 5.74) is 1.74. The molecular formula is C15H19FN4. The molecule has 0 unspecified atom stereocenters. The van der Waals surface area contributed by atoms with Gasteiger partial charge in [-0.15, -0.1) is 0 Å². The first-order chi connectivity index (χ1) is 9.56. The fraction of sp³-hybridized carbons (Fsp3) is 0.333. The summed E-state index contributed by atoms with van der Waals surface area (Å²) in [7, 11) is 1.83. The monoisotopic (exact) mass is 274 g/mol. The summed E-state index contributed by atoms with van der Waals surface area (Å²) >= 11 is 0. The maximum absolute atomic E-state index is 13.4. The molecule has 0 radical (unpaired) electrons. The molecule has 2 rings (SSSR count). The first kappa shape index (κ1) is 14.2. The number of nitrogens with zero attached hydrogens (tertiary/aromatic N) is 3. The molecule has 1 aromatic heterocycles. The molecule has 0 bridgehead atoms. The lowest BCUT2D eigenvalue weighted by Crippen LogP contribution is -2.20. The number of anilines is 3. The van der Waals surface area contributed by atoms with E-state index in [2.05, 4.69) is 15.3 Å². The van der Waals surface area contributed by atoms with E-state index in [-0.39, 0.29) is 5.82 Å². The van der Waals surface area contributed by atoms with Crippen LogP contribution in [0.25, 0.3) is 0 Å². The molecule has 1 aromatic carbocycles. The van der Waals surface area contributed by atoms with E-state index in [1.807, 2.05) is 38.8 Å². The standard InChI is InChI=1S/C15H19FN4/c1-5-20(13-8-6-7-12(16)9-13)15-10(2)14(17-4)18-11(3)19-15/h6-9H,5H2,1-4H3,(H,17,18,19). The van der Waals surface area contributed by atoms with E-state index in [0.717, 1.165) is 22.9 Å². The number of aromatic nitrogens is 2. The predicted octanol–water partition coefficient (Wildman–Crippen LogP) is 3.43. The molecule has 20 heavy (non-hydrogen) atoms. The smallest absolute Gasteiger partial charge is 0.141 e. The van der Waals surface area contributed by atoms with Crippen molar-refractivity contribution in [2.45, 2.75) is 20.8 Å². The van der Waals surface area contributed by atoms with Crippen molar-refractivity contribution < 1.29 is 4.39 Å². The summed E-state index contributed by atoms with van der Waals surface area (Å²) in [5, 5.41) is 3.07. The second-order valence-electron chi connectivity index (χ2n) is 4.54. The quantitative estimate of drug-likeness (QED) is 0.927. The van der Waals surface area contributed by atoms with Gasteiger partial charge in [-0.3, -0.25) is 0 Å². The van der Waals surface area contributed by atoms with E-state index in [0.29, 0.717) is 12.4 Å². The first-order valence-corrected chi connectivity index (χ1v) is 6.63. The van der Waals surface area contributed by atoms with Gasteiger partial charge in [-0.25, -0.2) is 14.4 Å². The first-order valence-electron chi connectivity index (χ1n) is 6.63. The number of benzene rings is 1. The molecule has 0 fully saturated rings. The maximum atomic E-state index is 13.4. The largest absolute Gasteiger partial charge is 0.373 e. The number of hydrogen-bond donors (Lipinski definition) is 1. The summed E-state index contributed by atoms with van der Waals surface area (Å²) in [4.78, 5) is 10.8. The fourth-order valence-corrected chi connectivity index (χ4v) is 2.22. The Morgan fingerprint density at radius 1 is 1.25 bits per heavy atom. The Kier molecular flexibility index (Phi) is 4.17. The molecule has 106 valence electrons. The minimum atomic E-state index is -0.252. The van der Waals surface area contributed by atoms with Crippen LogP contribution >= 0.6 is 0 Å². The minimum absolute atomic E-state index is 0.252. The molecule has 5 heteroatoms. The second kappa shape index (κ2) is 5.86. The van der Waals surface area contributed by atoms with Gasteiger partial charge < -0.3 is 10.2 Å². The molecule has 0 saturated heterocycles. The molecule has 0 spiro atoms. The van der Waals surface area contributed by atoms with Crippen LogP contribution < -0.4 is 10.2 Å². The van der Waals surface area contributed by atoms with Crippen molar-refractivity contribution in [2.24, 2.45) is 0 Å². The third-order valence-corrected chi connectivity index (χ3v) is 3.16. The topological polar surface area (TPSA) is 41.1 Å². The van der Waals surface area contributed by atoms with Crippen molar-refractivity contribution in [1.82, 2.24) is 9.97 Å².